The monoisotopic (exact) mass is 165 g/mol. The first-order valence-electron chi connectivity index (χ1n) is 4.00. The summed E-state index contributed by atoms with van der Waals surface area (Å²) >= 11 is 0. The van der Waals surface area contributed by atoms with E-state index >= 15 is 0 Å². The standard InChI is InChI=1S/C9H15N3/c1-10-6-8-7-11-5-4-9(8)12(2)3/h4-5,7,10H,6H2,1-3H3. The largest absolute Gasteiger partial charge is 0.377 e. The molecule has 1 N–H and O–H groups in total. The SMILES string of the molecule is CNCc1cnccc1N(C)C. The van der Waals surface area contributed by atoms with Gasteiger partial charge in [0.2, 0.25) is 0 Å². The van der Waals surface area contributed by atoms with Crippen LogP contribution in [0.2, 0.25) is 0 Å². The molecule has 1 aromatic heterocycles. The third kappa shape index (κ3) is 1.95. The molecule has 0 aliphatic heterocycles. The number of pyridine rings is 1. The fraction of sp³-hybridized carbons (Fsp3) is 0.444. The molecular formula is C9H15N3. The molecule has 3 nitrogen and oxygen atoms in total. The molecule has 0 aliphatic rings. The Hall–Kier alpha value is -1.09. The van der Waals surface area contributed by atoms with E-state index in [2.05, 4.69) is 15.2 Å². The second-order valence-corrected chi connectivity index (χ2v) is 2.93. The average Bonchev–Trinajstić information content (AvgIpc) is 2.05. The van der Waals surface area contributed by atoms with Crippen LogP contribution < -0.4 is 10.2 Å². The van der Waals surface area contributed by atoms with Gasteiger partial charge >= 0.3 is 0 Å². The van der Waals surface area contributed by atoms with Crippen molar-refractivity contribution < 1.29 is 0 Å². The predicted molar refractivity (Wildman–Crippen MR) is 51.3 cm³/mol. The van der Waals surface area contributed by atoms with Gasteiger partial charge in [-0.1, -0.05) is 0 Å². The maximum Gasteiger partial charge on any atom is 0.0437 e. The lowest BCUT2D eigenvalue weighted by Gasteiger charge is -2.16. The number of rotatable bonds is 3. The Balaban J connectivity index is 2.92. The van der Waals surface area contributed by atoms with Gasteiger partial charge in [-0.3, -0.25) is 4.98 Å². The van der Waals surface area contributed by atoms with Crippen molar-refractivity contribution in [3.63, 3.8) is 0 Å². The summed E-state index contributed by atoms with van der Waals surface area (Å²) < 4.78 is 0. The average molecular weight is 165 g/mol. The van der Waals surface area contributed by atoms with Gasteiger partial charge in [-0.25, -0.2) is 0 Å². The van der Waals surface area contributed by atoms with Gasteiger partial charge in [0.15, 0.2) is 0 Å². The molecular weight excluding hydrogens is 150 g/mol. The smallest absolute Gasteiger partial charge is 0.0437 e. The summed E-state index contributed by atoms with van der Waals surface area (Å²) in [4.78, 5) is 6.17. The fourth-order valence-electron chi connectivity index (χ4n) is 1.18. The van der Waals surface area contributed by atoms with E-state index in [4.69, 9.17) is 0 Å². The molecule has 12 heavy (non-hydrogen) atoms. The van der Waals surface area contributed by atoms with Gasteiger partial charge < -0.3 is 10.2 Å². The van der Waals surface area contributed by atoms with Gasteiger partial charge in [-0.15, -0.1) is 0 Å². The Kier molecular flexibility index (Phi) is 3.05. The number of anilines is 1. The third-order valence-electron chi connectivity index (χ3n) is 1.73. The first-order chi connectivity index (χ1) is 5.75. The van der Waals surface area contributed by atoms with E-state index in [1.165, 1.54) is 11.3 Å². The van der Waals surface area contributed by atoms with Crippen LogP contribution in [0, 0.1) is 0 Å². The van der Waals surface area contributed by atoms with Gasteiger partial charge in [0.05, 0.1) is 0 Å². The summed E-state index contributed by atoms with van der Waals surface area (Å²) in [7, 11) is 6.01. The highest BCUT2D eigenvalue weighted by molar-refractivity contribution is 5.50. The maximum atomic E-state index is 4.08. The van der Waals surface area contributed by atoms with E-state index < -0.39 is 0 Å². The van der Waals surface area contributed by atoms with Crippen LogP contribution in [0.4, 0.5) is 5.69 Å². The van der Waals surface area contributed by atoms with Gasteiger partial charge in [-0.2, -0.15) is 0 Å². The zero-order valence-corrected chi connectivity index (χ0v) is 7.83. The molecule has 0 saturated heterocycles. The summed E-state index contributed by atoms with van der Waals surface area (Å²) in [6.45, 7) is 0.862. The molecule has 0 unspecified atom stereocenters. The highest BCUT2D eigenvalue weighted by Crippen LogP contribution is 2.15. The molecule has 3 heteroatoms. The van der Waals surface area contributed by atoms with Gasteiger partial charge in [0.1, 0.15) is 0 Å². The Morgan fingerprint density at radius 1 is 1.50 bits per heavy atom. The van der Waals surface area contributed by atoms with Gasteiger partial charge in [0.25, 0.3) is 0 Å². The highest BCUT2D eigenvalue weighted by Gasteiger charge is 2.01. The molecule has 66 valence electrons. The van der Waals surface area contributed by atoms with Gasteiger partial charge in [0, 0.05) is 44.3 Å². The Labute approximate surface area is 73.4 Å². The Morgan fingerprint density at radius 2 is 2.25 bits per heavy atom. The lowest BCUT2D eigenvalue weighted by Crippen LogP contribution is -2.14. The molecule has 1 heterocycles. The van der Waals surface area contributed by atoms with E-state index in [1.807, 2.05) is 39.6 Å². The molecule has 0 bridgehead atoms. The summed E-state index contributed by atoms with van der Waals surface area (Å²) in [6.07, 6.45) is 3.71. The predicted octanol–water partition coefficient (Wildman–Crippen LogP) is 0.867. The van der Waals surface area contributed by atoms with Crippen LogP contribution in [0.5, 0.6) is 0 Å². The summed E-state index contributed by atoms with van der Waals surface area (Å²) in [6, 6.07) is 2.02. The van der Waals surface area contributed by atoms with E-state index in [0.29, 0.717) is 0 Å². The van der Waals surface area contributed by atoms with Crippen molar-refractivity contribution in [2.24, 2.45) is 0 Å². The molecule has 0 spiro atoms. The van der Waals surface area contributed by atoms with E-state index in [0.717, 1.165) is 6.54 Å². The van der Waals surface area contributed by atoms with Crippen LogP contribution in [-0.4, -0.2) is 26.1 Å². The molecule has 0 fully saturated rings. The van der Waals surface area contributed by atoms with Gasteiger partial charge in [-0.05, 0) is 13.1 Å². The maximum absolute atomic E-state index is 4.08. The highest BCUT2D eigenvalue weighted by atomic mass is 15.1. The van der Waals surface area contributed by atoms with Crippen LogP contribution in [0.1, 0.15) is 5.56 Å². The second kappa shape index (κ2) is 4.07. The van der Waals surface area contributed by atoms with Crippen molar-refractivity contribution in [1.82, 2.24) is 10.3 Å². The molecule has 0 atom stereocenters. The normalized spacial score (nSPS) is 9.92. The minimum atomic E-state index is 0.862. The summed E-state index contributed by atoms with van der Waals surface area (Å²) in [5.41, 5.74) is 2.45. The topological polar surface area (TPSA) is 28.2 Å². The van der Waals surface area contributed by atoms with Crippen molar-refractivity contribution in [2.45, 2.75) is 6.54 Å². The summed E-state index contributed by atoms with van der Waals surface area (Å²) in [5, 5.41) is 3.11. The lowest BCUT2D eigenvalue weighted by atomic mass is 10.2. The fourth-order valence-corrected chi connectivity index (χ4v) is 1.18. The number of nitrogens with zero attached hydrogens (tertiary/aromatic N) is 2. The number of hydrogen-bond acceptors (Lipinski definition) is 3. The van der Waals surface area contributed by atoms with Crippen molar-refractivity contribution in [2.75, 3.05) is 26.0 Å². The Bertz CT molecular complexity index is 245. The first-order valence-corrected chi connectivity index (χ1v) is 4.00. The van der Waals surface area contributed by atoms with Crippen LogP contribution in [0.3, 0.4) is 0 Å². The quantitative estimate of drug-likeness (QED) is 0.720. The summed E-state index contributed by atoms with van der Waals surface area (Å²) in [5.74, 6) is 0. The first kappa shape index (κ1) is 9.00. The van der Waals surface area contributed by atoms with E-state index in [9.17, 15) is 0 Å². The third-order valence-corrected chi connectivity index (χ3v) is 1.73. The van der Waals surface area contributed by atoms with Crippen molar-refractivity contribution in [3.8, 4) is 0 Å². The molecule has 0 radical (unpaired) electrons. The molecule has 0 amide bonds. The van der Waals surface area contributed by atoms with Crippen molar-refractivity contribution in [1.29, 1.82) is 0 Å². The molecule has 0 saturated carbocycles. The number of nitrogens with one attached hydrogen (secondary N) is 1. The zero-order valence-electron chi connectivity index (χ0n) is 7.83. The Morgan fingerprint density at radius 3 is 2.83 bits per heavy atom. The lowest BCUT2D eigenvalue weighted by molar-refractivity contribution is 0.809. The van der Waals surface area contributed by atoms with Crippen LogP contribution in [-0.2, 0) is 6.54 Å². The number of hydrogen-bond donors (Lipinski definition) is 1. The minimum Gasteiger partial charge on any atom is -0.377 e. The molecule has 0 aromatic carbocycles. The van der Waals surface area contributed by atoms with E-state index in [1.54, 1.807) is 0 Å². The van der Waals surface area contributed by atoms with Crippen molar-refractivity contribution >= 4 is 5.69 Å². The molecule has 1 aromatic rings. The second-order valence-electron chi connectivity index (χ2n) is 2.93. The molecule has 0 aliphatic carbocycles. The van der Waals surface area contributed by atoms with Crippen LogP contribution >= 0.6 is 0 Å². The van der Waals surface area contributed by atoms with E-state index in [-0.39, 0.29) is 0 Å². The zero-order chi connectivity index (χ0) is 8.97. The van der Waals surface area contributed by atoms with Crippen LogP contribution in [0.25, 0.3) is 0 Å². The number of aromatic nitrogens is 1. The van der Waals surface area contributed by atoms with Crippen molar-refractivity contribution in [3.05, 3.63) is 24.0 Å². The molecule has 1 rings (SSSR count). The minimum absolute atomic E-state index is 0.862. The van der Waals surface area contributed by atoms with Crippen LogP contribution in [0.15, 0.2) is 18.5 Å².